The molecule has 0 saturated carbocycles. The van der Waals surface area contributed by atoms with Gasteiger partial charge < -0.3 is 5.11 Å². The molecule has 0 amide bonds. The average Bonchev–Trinajstić information content (AvgIpc) is 1.86. The summed E-state index contributed by atoms with van der Waals surface area (Å²) >= 11 is 0. The van der Waals surface area contributed by atoms with E-state index in [1.54, 1.807) is 0 Å². The first-order valence-corrected chi connectivity index (χ1v) is 3.34. The SMILES string of the molecule is CC(C)(O)c1cnccc1F. The summed E-state index contributed by atoms with van der Waals surface area (Å²) in [6.07, 6.45) is 2.68. The maximum atomic E-state index is 12.9. The molecule has 1 N–H and O–H groups in total. The number of pyridine rings is 1. The van der Waals surface area contributed by atoms with Crippen molar-refractivity contribution in [3.63, 3.8) is 0 Å². The lowest BCUT2D eigenvalue weighted by Gasteiger charge is -2.17. The van der Waals surface area contributed by atoms with Crippen molar-refractivity contribution in [3.05, 3.63) is 29.8 Å². The summed E-state index contributed by atoms with van der Waals surface area (Å²) in [6.45, 7) is 3.04. The highest BCUT2D eigenvalue weighted by Gasteiger charge is 2.19. The number of hydrogen-bond acceptors (Lipinski definition) is 2. The van der Waals surface area contributed by atoms with Gasteiger partial charge in [0.05, 0.1) is 5.60 Å². The van der Waals surface area contributed by atoms with Gasteiger partial charge in [0.1, 0.15) is 5.82 Å². The highest BCUT2D eigenvalue weighted by molar-refractivity contribution is 5.17. The quantitative estimate of drug-likeness (QED) is 0.665. The van der Waals surface area contributed by atoms with Crippen molar-refractivity contribution in [3.8, 4) is 0 Å². The van der Waals surface area contributed by atoms with Crippen LogP contribution in [0.2, 0.25) is 0 Å². The fourth-order valence-corrected chi connectivity index (χ4v) is 0.828. The molecule has 3 heteroatoms. The van der Waals surface area contributed by atoms with E-state index in [-0.39, 0.29) is 5.56 Å². The zero-order chi connectivity index (χ0) is 8.48. The van der Waals surface area contributed by atoms with Gasteiger partial charge in [0.2, 0.25) is 0 Å². The maximum absolute atomic E-state index is 12.9. The smallest absolute Gasteiger partial charge is 0.132 e. The number of aromatic nitrogens is 1. The third-order valence-electron chi connectivity index (χ3n) is 1.43. The Bertz CT molecular complexity index is 255. The first-order chi connectivity index (χ1) is 5.02. The average molecular weight is 155 g/mol. The van der Waals surface area contributed by atoms with Crippen molar-refractivity contribution in [1.82, 2.24) is 4.98 Å². The molecule has 0 aliphatic carbocycles. The van der Waals surface area contributed by atoms with Crippen molar-refractivity contribution in [2.24, 2.45) is 0 Å². The monoisotopic (exact) mass is 155 g/mol. The Labute approximate surface area is 64.7 Å². The van der Waals surface area contributed by atoms with Gasteiger partial charge in [0, 0.05) is 18.0 Å². The standard InChI is InChI=1S/C8H10FNO/c1-8(2,11)6-5-10-4-3-7(6)9/h3-5,11H,1-2H3. The van der Waals surface area contributed by atoms with Gasteiger partial charge in [-0.3, -0.25) is 4.98 Å². The molecule has 0 radical (unpaired) electrons. The molecule has 1 aromatic rings. The number of nitrogens with zero attached hydrogens (tertiary/aromatic N) is 1. The largest absolute Gasteiger partial charge is 0.386 e. The molecule has 0 spiro atoms. The molecule has 0 saturated heterocycles. The van der Waals surface area contributed by atoms with Crippen molar-refractivity contribution in [1.29, 1.82) is 0 Å². The molecular weight excluding hydrogens is 145 g/mol. The Balaban J connectivity index is 3.14. The predicted molar refractivity (Wildman–Crippen MR) is 39.4 cm³/mol. The summed E-state index contributed by atoms with van der Waals surface area (Å²) in [6, 6.07) is 1.23. The Morgan fingerprint density at radius 3 is 2.55 bits per heavy atom. The molecule has 1 rings (SSSR count). The van der Waals surface area contributed by atoms with Crippen LogP contribution < -0.4 is 0 Å². The summed E-state index contributed by atoms with van der Waals surface area (Å²) in [7, 11) is 0. The second-order valence-electron chi connectivity index (χ2n) is 2.91. The Morgan fingerprint density at radius 2 is 2.18 bits per heavy atom. The Hall–Kier alpha value is -0.960. The number of aliphatic hydroxyl groups is 1. The molecule has 0 unspecified atom stereocenters. The van der Waals surface area contributed by atoms with Crippen molar-refractivity contribution in [2.75, 3.05) is 0 Å². The van der Waals surface area contributed by atoms with E-state index in [2.05, 4.69) is 4.98 Å². The highest BCUT2D eigenvalue weighted by Crippen LogP contribution is 2.20. The van der Waals surface area contributed by atoms with Gasteiger partial charge >= 0.3 is 0 Å². The number of hydrogen-bond donors (Lipinski definition) is 1. The molecule has 0 atom stereocenters. The second kappa shape index (κ2) is 2.58. The lowest BCUT2D eigenvalue weighted by Crippen LogP contribution is -2.17. The van der Waals surface area contributed by atoms with Crippen LogP contribution in [0.15, 0.2) is 18.5 Å². The van der Waals surface area contributed by atoms with E-state index in [1.165, 1.54) is 32.3 Å². The summed E-state index contributed by atoms with van der Waals surface area (Å²) in [5, 5.41) is 9.39. The summed E-state index contributed by atoms with van der Waals surface area (Å²) in [4.78, 5) is 3.71. The van der Waals surface area contributed by atoms with Crippen LogP contribution in [0.3, 0.4) is 0 Å². The lowest BCUT2D eigenvalue weighted by atomic mass is 10.0. The molecule has 2 nitrogen and oxygen atoms in total. The van der Waals surface area contributed by atoms with Crippen LogP contribution in [0.1, 0.15) is 19.4 Å². The van der Waals surface area contributed by atoms with Crippen LogP contribution in [0.4, 0.5) is 4.39 Å². The van der Waals surface area contributed by atoms with Crippen LogP contribution in [0.5, 0.6) is 0 Å². The van der Waals surface area contributed by atoms with Crippen LogP contribution in [-0.4, -0.2) is 10.1 Å². The third kappa shape index (κ3) is 1.74. The Morgan fingerprint density at radius 1 is 1.55 bits per heavy atom. The zero-order valence-electron chi connectivity index (χ0n) is 6.50. The molecule has 0 aromatic carbocycles. The molecule has 0 aliphatic rings. The normalized spacial score (nSPS) is 11.6. The minimum absolute atomic E-state index is 0.222. The topological polar surface area (TPSA) is 33.1 Å². The molecule has 11 heavy (non-hydrogen) atoms. The van der Waals surface area contributed by atoms with Gasteiger partial charge in [0.25, 0.3) is 0 Å². The maximum Gasteiger partial charge on any atom is 0.132 e. The molecule has 0 fully saturated rings. The Kier molecular flexibility index (Phi) is 1.91. The van der Waals surface area contributed by atoms with Gasteiger partial charge in [-0.15, -0.1) is 0 Å². The van der Waals surface area contributed by atoms with Crippen LogP contribution >= 0.6 is 0 Å². The molecular formula is C8H10FNO. The van der Waals surface area contributed by atoms with Gasteiger partial charge in [-0.05, 0) is 19.9 Å². The van der Waals surface area contributed by atoms with Crippen LogP contribution in [0, 0.1) is 5.82 Å². The van der Waals surface area contributed by atoms with E-state index in [0.717, 1.165) is 0 Å². The van der Waals surface area contributed by atoms with Crippen molar-refractivity contribution >= 4 is 0 Å². The van der Waals surface area contributed by atoms with Gasteiger partial charge in [-0.2, -0.15) is 0 Å². The van der Waals surface area contributed by atoms with Gasteiger partial charge in [-0.1, -0.05) is 0 Å². The van der Waals surface area contributed by atoms with Crippen molar-refractivity contribution < 1.29 is 9.50 Å². The molecule has 60 valence electrons. The summed E-state index contributed by atoms with van der Waals surface area (Å²) in [5.74, 6) is -0.424. The zero-order valence-corrected chi connectivity index (χ0v) is 6.50. The third-order valence-corrected chi connectivity index (χ3v) is 1.43. The molecule has 1 aromatic heterocycles. The fraction of sp³-hybridized carbons (Fsp3) is 0.375. The number of halogens is 1. The van der Waals surface area contributed by atoms with Crippen molar-refractivity contribution in [2.45, 2.75) is 19.4 Å². The van der Waals surface area contributed by atoms with E-state index in [9.17, 15) is 9.50 Å². The van der Waals surface area contributed by atoms with Crippen LogP contribution in [0.25, 0.3) is 0 Å². The van der Waals surface area contributed by atoms with Crippen LogP contribution in [-0.2, 0) is 5.60 Å². The fourth-order valence-electron chi connectivity index (χ4n) is 0.828. The van der Waals surface area contributed by atoms with E-state index < -0.39 is 11.4 Å². The van der Waals surface area contributed by atoms with Gasteiger partial charge in [-0.25, -0.2) is 4.39 Å². The second-order valence-corrected chi connectivity index (χ2v) is 2.91. The molecule has 0 aliphatic heterocycles. The lowest BCUT2D eigenvalue weighted by molar-refractivity contribution is 0.0741. The minimum Gasteiger partial charge on any atom is -0.386 e. The highest BCUT2D eigenvalue weighted by atomic mass is 19.1. The first kappa shape index (κ1) is 8.14. The molecule has 0 bridgehead atoms. The van der Waals surface area contributed by atoms with Gasteiger partial charge in [0.15, 0.2) is 0 Å². The first-order valence-electron chi connectivity index (χ1n) is 3.34. The van der Waals surface area contributed by atoms with E-state index in [0.29, 0.717) is 0 Å². The summed E-state index contributed by atoms with van der Waals surface area (Å²) < 4.78 is 12.9. The van der Waals surface area contributed by atoms with E-state index >= 15 is 0 Å². The summed E-state index contributed by atoms with van der Waals surface area (Å²) in [5.41, 5.74) is -0.932. The minimum atomic E-state index is -1.15. The predicted octanol–water partition coefficient (Wildman–Crippen LogP) is 1.45. The molecule has 1 heterocycles. The number of rotatable bonds is 1. The van der Waals surface area contributed by atoms with E-state index in [1.807, 2.05) is 0 Å². The van der Waals surface area contributed by atoms with E-state index in [4.69, 9.17) is 0 Å².